The van der Waals surface area contributed by atoms with Crippen molar-refractivity contribution in [1.82, 2.24) is 4.90 Å². The predicted octanol–water partition coefficient (Wildman–Crippen LogP) is 2.72. The second-order valence-electron chi connectivity index (χ2n) is 5.23. The Morgan fingerprint density at radius 3 is 2.12 bits per heavy atom. The van der Waals surface area contributed by atoms with Gasteiger partial charge in [0.25, 0.3) is 0 Å². The maximum atomic E-state index is 12.3. The zero-order chi connectivity index (χ0) is 12.0. The monoisotopic (exact) mass is 262 g/mol. The number of nitrogens with two attached hydrogens (primary N) is 1. The van der Waals surface area contributed by atoms with Crippen LogP contribution in [0.15, 0.2) is 0 Å². The minimum Gasteiger partial charge on any atom is -0.341 e. The molecule has 0 saturated carbocycles. The molecular weight excluding hydrogens is 236 g/mol. The van der Waals surface area contributed by atoms with Crippen LogP contribution in [0, 0.1) is 0 Å². The highest BCUT2D eigenvalue weighted by Gasteiger charge is 2.31. The van der Waals surface area contributed by atoms with Crippen molar-refractivity contribution in [3.8, 4) is 0 Å². The molecule has 1 heterocycles. The Labute approximate surface area is 112 Å². The highest BCUT2D eigenvalue weighted by molar-refractivity contribution is 5.85. The number of hydrogen-bond acceptors (Lipinski definition) is 2. The largest absolute Gasteiger partial charge is 0.341 e. The fourth-order valence-electron chi connectivity index (χ4n) is 2.44. The van der Waals surface area contributed by atoms with E-state index in [2.05, 4.69) is 6.92 Å². The molecule has 1 aliphatic heterocycles. The highest BCUT2D eigenvalue weighted by Crippen LogP contribution is 2.17. The van der Waals surface area contributed by atoms with Crippen LogP contribution >= 0.6 is 12.4 Å². The fraction of sp³-hybridized carbons (Fsp3) is 0.923. The zero-order valence-corrected chi connectivity index (χ0v) is 12.0. The Morgan fingerprint density at radius 1 is 1.18 bits per heavy atom. The van der Waals surface area contributed by atoms with E-state index in [1.807, 2.05) is 11.8 Å². The number of halogens is 1. The number of rotatable bonds is 3. The van der Waals surface area contributed by atoms with E-state index in [0.29, 0.717) is 0 Å². The van der Waals surface area contributed by atoms with Gasteiger partial charge in [-0.15, -0.1) is 12.4 Å². The Hall–Kier alpha value is -0.280. The molecule has 0 aromatic carbocycles. The summed E-state index contributed by atoms with van der Waals surface area (Å²) in [5, 5.41) is 0. The Balaban J connectivity index is 0.00000256. The smallest absolute Gasteiger partial charge is 0.242 e. The van der Waals surface area contributed by atoms with Crippen molar-refractivity contribution in [2.24, 2.45) is 5.73 Å². The van der Waals surface area contributed by atoms with Crippen molar-refractivity contribution in [2.75, 3.05) is 13.1 Å². The number of likely N-dealkylation sites (tertiary alicyclic amines) is 1. The maximum Gasteiger partial charge on any atom is 0.242 e. The molecular formula is C13H27ClN2O. The highest BCUT2D eigenvalue weighted by atomic mass is 35.5. The first-order chi connectivity index (χ1) is 7.58. The molecule has 1 amide bonds. The third-order valence-electron chi connectivity index (χ3n) is 3.40. The van der Waals surface area contributed by atoms with E-state index in [4.69, 9.17) is 5.73 Å². The summed E-state index contributed by atoms with van der Waals surface area (Å²) in [5.74, 6) is 0.149. The van der Waals surface area contributed by atoms with Crippen molar-refractivity contribution >= 4 is 18.3 Å². The van der Waals surface area contributed by atoms with E-state index in [-0.39, 0.29) is 18.3 Å². The number of amides is 1. The quantitative estimate of drug-likeness (QED) is 0.850. The zero-order valence-electron chi connectivity index (χ0n) is 11.2. The van der Waals surface area contributed by atoms with Gasteiger partial charge in [0, 0.05) is 13.1 Å². The number of hydrogen-bond donors (Lipinski definition) is 1. The molecule has 0 aliphatic carbocycles. The molecule has 0 aromatic rings. The van der Waals surface area contributed by atoms with Crippen molar-refractivity contribution < 1.29 is 4.79 Å². The third-order valence-corrected chi connectivity index (χ3v) is 3.40. The van der Waals surface area contributed by atoms with Crippen LogP contribution in [-0.4, -0.2) is 29.4 Å². The lowest BCUT2D eigenvalue weighted by Crippen LogP contribution is -2.53. The van der Waals surface area contributed by atoms with Gasteiger partial charge in [-0.2, -0.15) is 0 Å². The van der Waals surface area contributed by atoms with Crippen LogP contribution in [0.1, 0.15) is 58.8 Å². The molecule has 0 bridgehead atoms. The summed E-state index contributed by atoms with van der Waals surface area (Å²) in [7, 11) is 0. The summed E-state index contributed by atoms with van der Waals surface area (Å²) in [6, 6.07) is 0. The SMILES string of the molecule is CCCC(C)(N)C(=O)N1CCCCCCC1.Cl. The van der Waals surface area contributed by atoms with E-state index >= 15 is 0 Å². The first-order valence-electron chi connectivity index (χ1n) is 6.66. The first kappa shape index (κ1) is 16.7. The molecule has 1 aliphatic rings. The number of carbonyl (C=O) groups excluding carboxylic acids is 1. The van der Waals surface area contributed by atoms with Gasteiger partial charge in [0.15, 0.2) is 0 Å². The van der Waals surface area contributed by atoms with E-state index < -0.39 is 5.54 Å². The Kier molecular flexibility index (Phi) is 7.80. The molecule has 4 heteroatoms. The molecule has 0 radical (unpaired) electrons. The summed E-state index contributed by atoms with van der Waals surface area (Å²) in [6.45, 7) is 5.74. The van der Waals surface area contributed by atoms with Crippen molar-refractivity contribution in [1.29, 1.82) is 0 Å². The van der Waals surface area contributed by atoms with Gasteiger partial charge in [-0.25, -0.2) is 0 Å². The van der Waals surface area contributed by atoms with Gasteiger partial charge in [-0.3, -0.25) is 4.79 Å². The van der Waals surface area contributed by atoms with E-state index in [1.165, 1.54) is 19.3 Å². The molecule has 0 aromatic heterocycles. The van der Waals surface area contributed by atoms with Crippen molar-refractivity contribution in [2.45, 2.75) is 64.3 Å². The van der Waals surface area contributed by atoms with Crippen LogP contribution in [0.3, 0.4) is 0 Å². The maximum absolute atomic E-state index is 12.3. The van der Waals surface area contributed by atoms with Crippen LogP contribution in [-0.2, 0) is 4.79 Å². The standard InChI is InChI=1S/C13H26N2O.ClH/c1-3-9-13(2,14)12(16)15-10-7-5-4-6-8-11-15;/h3-11,14H2,1-2H3;1H. The average Bonchev–Trinajstić information content (AvgIpc) is 2.16. The third kappa shape index (κ3) is 5.26. The van der Waals surface area contributed by atoms with Crippen LogP contribution in [0.2, 0.25) is 0 Å². The summed E-state index contributed by atoms with van der Waals surface area (Å²) < 4.78 is 0. The molecule has 102 valence electrons. The lowest BCUT2D eigenvalue weighted by molar-refractivity contribution is -0.137. The molecule has 1 atom stereocenters. The molecule has 2 N–H and O–H groups in total. The molecule has 1 rings (SSSR count). The Bertz CT molecular complexity index is 223. The summed E-state index contributed by atoms with van der Waals surface area (Å²) in [5.41, 5.74) is 5.44. The summed E-state index contributed by atoms with van der Waals surface area (Å²) in [4.78, 5) is 14.3. The molecule has 3 nitrogen and oxygen atoms in total. The molecule has 1 saturated heterocycles. The van der Waals surface area contributed by atoms with Gasteiger partial charge in [0.2, 0.25) is 5.91 Å². The van der Waals surface area contributed by atoms with Gasteiger partial charge in [0.1, 0.15) is 0 Å². The Morgan fingerprint density at radius 2 is 1.65 bits per heavy atom. The minimum absolute atomic E-state index is 0. The van der Waals surface area contributed by atoms with Gasteiger partial charge in [0.05, 0.1) is 5.54 Å². The molecule has 1 fully saturated rings. The average molecular weight is 263 g/mol. The minimum atomic E-state index is -0.659. The fourth-order valence-corrected chi connectivity index (χ4v) is 2.44. The molecule has 17 heavy (non-hydrogen) atoms. The first-order valence-corrected chi connectivity index (χ1v) is 6.66. The second-order valence-corrected chi connectivity index (χ2v) is 5.23. The molecule has 0 spiro atoms. The van der Waals surface area contributed by atoms with Gasteiger partial charge in [-0.05, 0) is 26.2 Å². The van der Waals surface area contributed by atoms with Crippen LogP contribution < -0.4 is 5.73 Å². The van der Waals surface area contributed by atoms with Gasteiger partial charge < -0.3 is 10.6 Å². The second kappa shape index (κ2) is 7.93. The van der Waals surface area contributed by atoms with E-state index in [0.717, 1.165) is 38.8 Å². The molecule has 1 unspecified atom stereocenters. The number of carbonyl (C=O) groups is 1. The van der Waals surface area contributed by atoms with Crippen LogP contribution in [0.4, 0.5) is 0 Å². The van der Waals surface area contributed by atoms with Crippen LogP contribution in [0.5, 0.6) is 0 Å². The predicted molar refractivity (Wildman–Crippen MR) is 74.4 cm³/mol. The van der Waals surface area contributed by atoms with Gasteiger partial charge >= 0.3 is 0 Å². The topological polar surface area (TPSA) is 46.3 Å². The van der Waals surface area contributed by atoms with E-state index in [1.54, 1.807) is 0 Å². The van der Waals surface area contributed by atoms with Crippen LogP contribution in [0.25, 0.3) is 0 Å². The van der Waals surface area contributed by atoms with Gasteiger partial charge in [-0.1, -0.05) is 32.6 Å². The summed E-state index contributed by atoms with van der Waals surface area (Å²) in [6.07, 6.45) is 7.82. The lowest BCUT2D eigenvalue weighted by atomic mass is 9.95. The number of nitrogens with zero attached hydrogens (tertiary/aromatic N) is 1. The normalized spacial score (nSPS) is 20.8. The van der Waals surface area contributed by atoms with Crippen molar-refractivity contribution in [3.05, 3.63) is 0 Å². The lowest BCUT2D eigenvalue weighted by Gasteiger charge is -2.32. The van der Waals surface area contributed by atoms with Crippen molar-refractivity contribution in [3.63, 3.8) is 0 Å². The summed E-state index contributed by atoms with van der Waals surface area (Å²) >= 11 is 0. The van der Waals surface area contributed by atoms with E-state index in [9.17, 15) is 4.79 Å².